The number of methoxy groups -OCH3 is 1. The summed E-state index contributed by atoms with van der Waals surface area (Å²) in [5.41, 5.74) is 2.70. The van der Waals surface area contributed by atoms with E-state index in [1.807, 2.05) is 6.07 Å². The maximum Gasteiger partial charge on any atom is 0.149 e. The Morgan fingerprint density at radius 3 is 2.80 bits per heavy atom. The molecule has 0 N–H and O–H groups in total. The molecule has 0 saturated heterocycles. The fourth-order valence-electron chi connectivity index (χ4n) is 3.29. The standard InChI is InChI=1S/C17H15BrO2/c1-19-14-9-7-11-10-4-2-3-5-15(10)20-17-13(18)8-6-12(14)16(11)17/h6-9H,2-5H2,1H3. The first-order valence-corrected chi connectivity index (χ1v) is 7.78. The summed E-state index contributed by atoms with van der Waals surface area (Å²) in [6, 6.07) is 8.39. The molecule has 0 radical (unpaired) electrons. The molecule has 102 valence electrons. The maximum atomic E-state index is 6.22. The van der Waals surface area contributed by atoms with Crippen LogP contribution in [0.3, 0.4) is 0 Å². The molecule has 2 aromatic carbocycles. The van der Waals surface area contributed by atoms with Crippen LogP contribution in [0.4, 0.5) is 0 Å². The second-order valence-corrected chi connectivity index (χ2v) is 6.18. The van der Waals surface area contributed by atoms with Gasteiger partial charge in [0.15, 0.2) is 0 Å². The molecule has 1 aliphatic carbocycles. The Labute approximate surface area is 126 Å². The molecule has 4 rings (SSSR count). The highest BCUT2D eigenvalue weighted by Gasteiger charge is 2.27. The third-order valence-corrected chi connectivity index (χ3v) is 4.86. The van der Waals surface area contributed by atoms with Gasteiger partial charge in [-0.15, -0.1) is 0 Å². The van der Waals surface area contributed by atoms with E-state index in [0.29, 0.717) is 0 Å². The van der Waals surface area contributed by atoms with Gasteiger partial charge in [-0.1, -0.05) is 6.07 Å². The third-order valence-electron chi connectivity index (χ3n) is 4.23. The quantitative estimate of drug-likeness (QED) is 0.707. The topological polar surface area (TPSA) is 18.5 Å². The van der Waals surface area contributed by atoms with Crippen molar-refractivity contribution in [2.75, 3.05) is 7.11 Å². The highest BCUT2D eigenvalue weighted by Crippen LogP contribution is 2.49. The molecule has 0 unspecified atom stereocenters. The fraction of sp³-hybridized carbons (Fsp3) is 0.294. The number of fused-ring (bicyclic) bond motifs is 1. The lowest BCUT2D eigenvalue weighted by Gasteiger charge is -2.28. The number of hydrogen-bond donors (Lipinski definition) is 0. The number of rotatable bonds is 1. The summed E-state index contributed by atoms with van der Waals surface area (Å²) in [5, 5.41) is 2.31. The zero-order valence-electron chi connectivity index (χ0n) is 11.3. The average molecular weight is 331 g/mol. The van der Waals surface area contributed by atoms with E-state index in [1.165, 1.54) is 29.4 Å². The highest BCUT2D eigenvalue weighted by molar-refractivity contribution is 9.10. The van der Waals surface area contributed by atoms with Crippen molar-refractivity contribution in [3.63, 3.8) is 0 Å². The van der Waals surface area contributed by atoms with Crippen molar-refractivity contribution in [3.05, 3.63) is 40.1 Å². The van der Waals surface area contributed by atoms with Crippen LogP contribution < -0.4 is 9.47 Å². The normalized spacial score (nSPS) is 16.9. The molecule has 0 bridgehead atoms. The summed E-state index contributed by atoms with van der Waals surface area (Å²) < 4.78 is 12.7. The fourth-order valence-corrected chi connectivity index (χ4v) is 3.70. The van der Waals surface area contributed by atoms with Gasteiger partial charge in [-0.3, -0.25) is 0 Å². The van der Waals surface area contributed by atoms with Gasteiger partial charge in [-0.2, -0.15) is 0 Å². The Bertz CT molecular complexity index is 746. The van der Waals surface area contributed by atoms with Crippen LogP contribution in [0.1, 0.15) is 31.2 Å². The summed E-state index contributed by atoms with van der Waals surface area (Å²) in [5.74, 6) is 3.00. The molecular formula is C17H15BrO2. The van der Waals surface area contributed by atoms with Gasteiger partial charge in [0.1, 0.15) is 17.3 Å². The predicted octanol–water partition coefficient (Wildman–Crippen LogP) is 5.29. The second kappa shape index (κ2) is 4.52. The molecule has 2 nitrogen and oxygen atoms in total. The Morgan fingerprint density at radius 1 is 1.10 bits per heavy atom. The van der Waals surface area contributed by atoms with Crippen LogP contribution in [0.5, 0.6) is 11.5 Å². The first-order valence-electron chi connectivity index (χ1n) is 6.99. The van der Waals surface area contributed by atoms with Gasteiger partial charge in [0.25, 0.3) is 0 Å². The second-order valence-electron chi connectivity index (χ2n) is 5.33. The number of ether oxygens (including phenoxy) is 2. The molecule has 0 spiro atoms. The Kier molecular flexibility index (Phi) is 2.77. The summed E-state index contributed by atoms with van der Waals surface area (Å²) in [6.07, 6.45) is 4.63. The van der Waals surface area contributed by atoms with Gasteiger partial charge < -0.3 is 9.47 Å². The van der Waals surface area contributed by atoms with E-state index in [1.54, 1.807) is 7.11 Å². The summed E-state index contributed by atoms with van der Waals surface area (Å²) in [4.78, 5) is 0. The highest BCUT2D eigenvalue weighted by atomic mass is 79.9. The smallest absolute Gasteiger partial charge is 0.149 e. The summed E-state index contributed by atoms with van der Waals surface area (Å²) >= 11 is 3.62. The van der Waals surface area contributed by atoms with E-state index < -0.39 is 0 Å². The van der Waals surface area contributed by atoms with Crippen molar-refractivity contribution in [2.24, 2.45) is 0 Å². The molecule has 2 aliphatic rings. The van der Waals surface area contributed by atoms with E-state index in [2.05, 4.69) is 34.1 Å². The van der Waals surface area contributed by atoms with Crippen molar-refractivity contribution in [1.82, 2.24) is 0 Å². The average Bonchev–Trinajstić information content (AvgIpc) is 2.50. The van der Waals surface area contributed by atoms with Crippen LogP contribution in [0.15, 0.2) is 34.5 Å². The number of allylic oxidation sites excluding steroid dienone is 2. The first-order chi connectivity index (χ1) is 9.79. The molecule has 0 saturated carbocycles. The first kappa shape index (κ1) is 12.3. The molecule has 0 atom stereocenters. The molecule has 2 aromatic rings. The van der Waals surface area contributed by atoms with Crippen molar-refractivity contribution in [3.8, 4) is 11.5 Å². The van der Waals surface area contributed by atoms with Gasteiger partial charge in [0.05, 0.1) is 11.6 Å². The SMILES string of the molecule is COc1ccc2c3c(c(Br)ccc13)OC1=C2CCCC1. The lowest BCUT2D eigenvalue weighted by molar-refractivity contribution is 0.387. The van der Waals surface area contributed by atoms with Gasteiger partial charge >= 0.3 is 0 Å². The molecule has 1 heterocycles. The lowest BCUT2D eigenvalue weighted by Crippen LogP contribution is -2.11. The van der Waals surface area contributed by atoms with Gasteiger partial charge in [-0.05, 0) is 64.5 Å². The number of halogens is 1. The minimum atomic E-state index is 0.904. The van der Waals surface area contributed by atoms with Crippen molar-refractivity contribution in [2.45, 2.75) is 25.7 Å². The molecule has 20 heavy (non-hydrogen) atoms. The van der Waals surface area contributed by atoms with E-state index in [4.69, 9.17) is 9.47 Å². The zero-order valence-corrected chi connectivity index (χ0v) is 12.9. The Morgan fingerprint density at radius 2 is 1.95 bits per heavy atom. The van der Waals surface area contributed by atoms with Crippen LogP contribution in [0, 0.1) is 0 Å². The number of benzene rings is 2. The van der Waals surface area contributed by atoms with Crippen LogP contribution in [-0.2, 0) is 0 Å². The molecular weight excluding hydrogens is 316 g/mol. The van der Waals surface area contributed by atoms with E-state index in [9.17, 15) is 0 Å². The molecule has 0 amide bonds. The van der Waals surface area contributed by atoms with Crippen LogP contribution in [0.2, 0.25) is 0 Å². The van der Waals surface area contributed by atoms with E-state index in [-0.39, 0.29) is 0 Å². The minimum absolute atomic E-state index is 0.904. The Hall–Kier alpha value is -1.48. The summed E-state index contributed by atoms with van der Waals surface area (Å²) in [6.45, 7) is 0. The zero-order chi connectivity index (χ0) is 13.7. The maximum absolute atomic E-state index is 6.22. The Balaban J connectivity index is 2.10. The van der Waals surface area contributed by atoms with Gasteiger partial charge in [-0.25, -0.2) is 0 Å². The van der Waals surface area contributed by atoms with Crippen LogP contribution in [0.25, 0.3) is 16.3 Å². The number of hydrogen-bond acceptors (Lipinski definition) is 2. The monoisotopic (exact) mass is 330 g/mol. The minimum Gasteiger partial charge on any atom is -0.496 e. The third kappa shape index (κ3) is 1.62. The largest absolute Gasteiger partial charge is 0.496 e. The summed E-state index contributed by atoms with van der Waals surface area (Å²) in [7, 11) is 1.72. The van der Waals surface area contributed by atoms with Crippen molar-refractivity contribution < 1.29 is 9.47 Å². The lowest BCUT2D eigenvalue weighted by atomic mass is 9.87. The van der Waals surface area contributed by atoms with Crippen LogP contribution >= 0.6 is 15.9 Å². The molecule has 0 aromatic heterocycles. The van der Waals surface area contributed by atoms with E-state index >= 15 is 0 Å². The molecule has 1 aliphatic heterocycles. The van der Waals surface area contributed by atoms with Crippen molar-refractivity contribution in [1.29, 1.82) is 0 Å². The van der Waals surface area contributed by atoms with Gasteiger partial charge in [0, 0.05) is 17.2 Å². The van der Waals surface area contributed by atoms with E-state index in [0.717, 1.165) is 40.0 Å². The van der Waals surface area contributed by atoms with Crippen LogP contribution in [-0.4, -0.2) is 7.11 Å². The molecule has 0 fully saturated rings. The molecule has 3 heteroatoms. The predicted molar refractivity (Wildman–Crippen MR) is 84.2 cm³/mol. The van der Waals surface area contributed by atoms with Gasteiger partial charge in [0.2, 0.25) is 0 Å². The van der Waals surface area contributed by atoms with Crippen molar-refractivity contribution >= 4 is 32.3 Å².